The molecule has 5 rings (SSSR count). The molecular formula is C36H30. The summed E-state index contributed by atoms with van der Waals surface area (Å²) in [5.74, 6) is 5.52. The quantitative estimate of drug-likeness (QED) is 0.230. The lowest BCUT2D eigenvalue weighted by atomic mass is 9.90. The maximum atomic E-state index is 5.88. The second-order valence-electron chi connectivity index (χ2n) is 10.1. The lowest BCUT2D eigenvalue weighted by molar-refractivity contribution is 1.32. The first-order valence-electron chi connectivity index (χ1n) is 12.4. The predicted octanol–water partition coefficient (Wildman–Crippen LogP) is 8.92. The Morgan fingerprint density at radius 1 is 0.500 bits per heavy atom. The highest BCUT2D eigenvalue weighted by atomic mass is 14.3. The summed E-state index contributed by atoms with van der Waals surface area (Å²) in [6.07, 6.45) is 11.8. The Labute approximate surface area is 215 Å². The maximum absolute atomic E-state index is 5.88. The molecule has 0 heterocycles. The number of fused-ring (bicyclic) bond motifs is 3. The monoisotopic (exact) mass is 462 g/mol. The molecule has 4 aromatic carbocycles. The molecular weight excluding hydrogens is 432 g/mol. The third kappa shape index (κ3) is 3.68. The van der Waals surface area contributed by atoms with E-state index in [1.807, 2.05) is 0 Å². The van der Waals surface area contributed by atoms with Crippen molar-refractivity contribution in [3.05, 3.63) is 111 Å². The molecule has 0 aromatic heterocycles. The van der Waals surface area contributed by atoms with Gasteiger partial charge >= 0.3 is 0 Å². The van der Waals surface area contributed by atoms with Crippen LogP contribution in [-0.2, 0) is 0 Å². The number of hydrogen-bond acceptors (Lipinski definition) is 0. The standard InChI is InChI=1S/C36H30/c1-9-27(10-2)36-30-13-11-28(34-23(5)15-21(3)16-24(34)6)19-32(30)33-20-29(12-14-31(33)36)35-25(7)17-22(4)18-26(35)8/h1-2,11-20H,3-8H3. The van der Waals surface area contributed by atoms with E-state index in [4.69, 9.17) is 12.8 Å². The van der Waals surface area contributed by atoms with Crippen molar-refractivity contribution in [2.45, 2.75) is 41.5 Å². The molecule has 0 bridgehead atoms. The second-order valence-corrected chi connectivity index (χ2v) is 10.1. The first-order valence-corrected chi connectivity index (χ1v) is 12.4. The van der Waals surface area contributed by atoms with Gasteiger partial charge in [0.1, 0.15) is 0 Å². The highest BCUT2D eigenvalue weighted by molar-refractivity contribution is 6.06. The van der Waals surface area contributed by atoms with Gasteiger partial charge in [-0.3, -0.25) is 0 Å². The minimum absolute atomic E-state index is 0.598. The van der Waals surface area contributed by atoms with Gasteiger partial charge in [-0.05, 0) is 120 Å². The molecule has 0 atom stereocenters. The van der Waals surface area contributed by atoms with Gasteiger partial charge in [-0.1, -0.05) is 71.5 Å². The average Bonchev–Trinajstić information content (AvgIpc) is 3.12. The Morgan fingerprint density at radius 3 is 1.19 bits per heavy atom. The van der Waals surface area contributed by atoms with Crippen LogP contribution in [0.3, 0.4) is 0 Å². The highest BCUT2D eigenvalue weighted by Gasteiger charge is 2.27. The van der Waals surface area contributed by atoms with Gasteiger partial charge < -0.3 is 0 Å². The molecule has 0 N–H and O–H groups in total. The van der Waals surface area contributed by atoms with Crippen LogP contribution in [-0.4, -0.2) is 0 Å². The molecule has 0 amide bonds. The largest absolute Gasteiger partial charge is 0.114 e. The number of rotatable bonds is 2. The number of benzene rings is 4. The first kappa shape index (κ1) is 23.5. The van der Waals surface area contributed by atoms with Gasteiger partial charge in [-0.2, -0.15) is 0 Å². The first-order chi connectivity index (χ1) is 17.2. The molecule has 0 nitrogen and oxygen atoms in total. The molecule has 0 saturated heterocycles. The van der Waals surface area contributed by atoms with E-state index in [1.54, 1.807) is 0 Å². The van der Waals surface area contributed by atoms with Crippen molar-refractivity contribution in [1.29, 1.82) is 0 Å². The third-order valence-electron chi connectivity index (χ3n) is 7.34. The van der Waals surface area contributed by atoms with Crippen LogP contribution in [0.2, 0.25) is 0 Å². The summed E-state index contributed by atoms with van der Waals surface area (Å²) >= 11 is 0. The summed E-state index contributed by atoms with van der Waals surface area (Å²) in [4.78, 5) is 0. The molecule has 0 saturated carbocycles. The van der Waals surface area contributed by atoms with Crippen LogP contribution in [0.4, 0.5) is 0 Å². The molecule has 1 aliphatic carbocycles. The van der Waals surface area contributed by atoms with Crippen molar-refractivity contribution in [2.24, 2.45) is 0 Å². The summed E-state index contributed by atoms with van der Waals surface area (Å²) in [7, 11) is 0. The van der Waals surface area contributed by atoms with Crippen molar-refractivity contribution in [2.75, 3.05) is 0 Å². The molecule has 174 valence electrons. The fourth-order valence-corrected chi connectivity index (χ4v) is 6.15. The highest BCUT2D eigenvalue weighted by Crippen LogP contribution is 2.49. The summed E-state index contributed by atoms with van der Waals surface area (Å²) in [6, 6.07) is 22.4. The molecule has 0 radical (unpaired) electrons. The van der Waals surface area contributed by atoms with Gasteiger partial charge in [0.2, 0.25) is 0 Å². The Morgan fingerprint density at radius 2 is 0.861 bits per heavy atom. The molecule has 1 aliphatic rings. The van der Waals surface area contributed by atoms with Gasteiger partial charge in [0.25, 0.3) is 0 Å². The molecule has 0 aliphatic heterocycles. The summed E-state index contributed by atoms with van der Waals surface area (Å²) in [5.41, 5.74) is 18.9. The molecule has 4 aromatic rings. The molecule has 0 spiro atoms. The van der Waals surface area contributed by atoms with Gasteiger partial charge in [-0.15, -0.1) is 12.8 Å². The zero-order chi connectivity index (χ0) is 25.7. The van der Waals surface area contributed by atoms with Crippen molar-refractivity contribution in [1.82, 2.24) is 0 Å². The van der Waals surface area contributed by atoms with Crippen LogP contribution < -0.4 is 0 Å². The topological polar surface area (TPSA) is 0 Å². The Bertz CT molecular complexity index is 1520. The average molecular weight is 463 g/mol. The van der Waals surface area contributed by atoms with E-state index in [9.17, 15) is 0 Å². The van der Waals surface area contributed by atoms with E-state index in [1.165, 1.54) is 66.8 Å². The van der Waals surface area contributed by atoms with Crippen molar-refractivity contribution in [3.8, 4) is 58.1 Å². The molecule has 0 heteroatoms. The van der Waals surface area contributed by atoms with Crippen LogP contribution in [0, 0.1) is 66.2 Å². The normalized spacial score (nSPS) is 11.5. The summed E-state index contributed by atoms with van der Waals surface area (Å²) in [6.45, 7) is 13.1. The molecule has 36 heavy (non-hydrogen) atoms. The number of aryl methyl sites for hydroxylation is 6. The van der Waals surface area contributed by atoms with Gasteiger partial charge in [0.15, 0.2) is 0 Å². The maximum Gasteiger partial charge on any atom is 0.0823 e. The van der Waals surface area contributed by atoms with Crippen LogP contribution in [0.15, 0.2) is 66.2 Å². The number of hydrogen-bond donors (Lipinski definition) is 0. The Kier molecular flexibility index (Phi) is 5.71. The minimum Gasteiger partial charge on any atom is -0.114 e. The van der Waals surface area contributed by atoms with Crippen LogP contribution in [0.5, 0.6) is 0 Å². The second kappa shape index (κ2) is 8.75. The Balaban J connectivity index is 1.80. The van der Waals surface area contributed by atoms with Crippen LogP contribution >= 0.6 is 0 Å². The molecule has 0 unspecified atom stereocenters. The van der Waals surface area contributed by atoms with Crippen molar-refractivity contribution in [3.63, 3.8) is 0 Å². The van der Waals surface area contributed by atoms with Crippen molar-refractivity contribution < 1.29 is 0 Å². The number of terminal acetylenes is 2. The Hall–Kier alpha value is -4.26. The SMILES string of the molecule is C#CC(C#C)=C1c2ccc(-c3c(C)cc(C)cc3C)cc2-c2cc(-c3c(C)cc(C)cc3C)ccc21. The van der Waals surface area contributed by atoms with Gasteiger partial charge in [0, 0.05) is 5.57 Å². The lowest BCUT2D eigenvalue weighted by Crippen LogP contribution is -1.92. The number of allylic oxidation sites excluding steroid dienone is 1. The van der Waals surface area contributed by atoms with E-state index in [2.05, 4.69) is 114 Å². The molecule has 0 fully saturated rings. The lowest BCUT2D eigenvalue weighted by Gasteiger charge is -2.14. The van der Waals surface area contributed by atoms with E-state index in [-0.39, 0.29) is 0 Å². The van der Waals surface area contributed by atoms with Crippen molar-refractivity contribution >= 4 is 5.57 Å². The van der Waals surface area contributed by atoms with Crippen LogP contribution in [0.1, 0.15) is 44.5 Å². The van der Waals surface area contributed by atoms with Gasteiger partial charge in [-0.25, -0.2) is 0 Å². The fraction of sp³-hybridized carbons (Fsp3) is 0.167. The smallest absolute Gasteiger partial charge is 0.0823 e. The minimum atomic E-state index is 0.598. The van der Waals surface area contributed by atoms with Crippen LogP contribution in [0.25, 0.3) is 39.0 Å². The fourth-order valence-electron chi connectivity index (χ4n) is 6.15. The third-order valence-corrected chi connectivity index (χ3v) is 7.34. The van der Waals surface area contributed by atoms with E-state index >= 15 is 0 Å². The predicted molar refractivity (Wildman–Crippen MR) is 155 cm³/mol. The van der Waals surface area contributed by atoms with E-state index < -0.39 is 0 Å². The summed E-state index contributed by atoms with van der Waals surface area (Å²) in [5, 5.41) is 0. The summed E-state index contributed by atoms with van der Waals surface area (Å²) < 4.78 is 0. The zero-order valence-corrected chi connectivity index (χ0v) is 21.9. The van der Waals surface area contributed by atoms with E-state index in [0.717, 1.165) is 16.7 Å². The van der Waals surface area contributed by atoms with Gasteiger partial charge in [0.05, 0.1) is 5.57 Å². The van der Waals surface area contributed by atoms with E-state index in [0.29, 0.717) is 5.57 Å². The zero-order valence-electron chi connectivity index (χ0n) is 21.9.